The summed E-state index contributed by atoms with van der Waals surface area (Å²) in [6.07, 6.45) is 3.17. The zero-order valence-electron chi connectivity index (χ0n) is 14.2. The highest BCUT2D eigenvalue weighted by molar-refractivity contribution is 9.10. The molecule has 2 aromatic rings. The number of benzene rings is 1. The molecule has 0 bridgehead atoms. The van der Waals surface area contributed by atoms with E-state index in [4.69, 9.17) is 4.74 Å². The van der Waals surface area contributed by atoms with E-state index in [0.29, 0.717) is 19.7 Å². The lowest BCUT2D eigenvalue weighted by Crippen LogP contribution is -2.47. The van der Waals surface area contributed by atoms with E-state index in [0.717, 1.165) is 28.2 Å². The van der Waals surface area contributed by atoms with Crippen molar-refractivity contribution in [3.05, 3.63) is 34.9 Å². The van der Waals surface area contributed by atoms with Crippen LogP contribution < -0.4 is 5.32 Å². The average Bonchev–Trinajstić information content (AvgIpc) is 3.00. The van der Waals surface area contributed by atoms with Crippen LogP contribution in [0.2, 0.25) is 0 Å². The van der Waals surface area contributed by atoms with Gasteiger partial charge < -0.3 is 19.5 Å². The lowest BCUT2D eigenvalue weighted by Gasteiger charge is -2.31. The fourth-order valence-electron chi connectivity index (χ4n) is 3.17. The summed E-state index contributed by atoms with van der Waals surface area (Å²) in [5.74, 6) is -0.00735. The monoisotopic (exact) mass is 407 g/mol. The summed E-state index contributed by atoms with van der Waals surface area (Å²) in [4.78, 5) is 25.8. The molecule has 1 aromatic carbocycles. The molecule has 1 saturated heterocycles. The Morgan fingerprint density at radius 3 is 2.76 bits per heavy atom. The maximum absolute atomic E-state index is 12.4. The van der Waals surface area contributed by atoms with Gasteiger partial charge in [-0.15, -0.1) is 0 Å². The number of aromatic nitrogens is 1. The number of likely N-dealkylation sites (tertiary alicyclic amines) is 1. The standard InChI is InChI=1S/C18H22BrN3O3/c1-2-25-18(24)21-9-6-13(7-10-21)20-17(23)12-22-11-8-14-15(19)4-3-5-16(14)22/h3-5,8,11,13H,2,6-7,9-10,12H2,1H3,(H,20,23). The topological polar surface area (TPSA) is 63.6 Å². The molecule has 2 heterocycles. The van der Waals surface area contributed by atoms with Crippen LogP contribution in [-0.2, 0) is 16.1 Å². The second kappa shape index (κ2) is 7.91. The number of piperidine rings is 1. The van der Waals surface area contributed by atoms with Gasteiger partial charge >= 0.3 is 6.09 Å². The minimum Gasteiger partial charge on any atom is -0.450 e. The molecule has 0 aliphatic carbocycles. The number of hydrogen-bond acceptors (Lipinski definition) is 3. The number of amides is 2. The Morgan fingerprint density at radius 2 is 2.04 bits per heavy atom. The zero-order valence-corrected chi connectivity index (χ0v) is 15.8. The van der Waals surface area contributed by atoms with Crippen molar-refractivity contribution in [2.75, 3.05) is 19.7 Å². The largest absolute Gasteiger partial charge is 0.450 e. The van der Waals surface area contributed by atoms with E-state index in [1.807, 2.05) is 35.0 Å². The van der Waals surface area contributed by atoms with Crippen LogP contribution in [0.3, 0.4) is 0 Å². The minimum absolute atomic E-state index is 0.00735. The van der Waals surface area contributed by atoms with Gasteiger partial charge in [0.05, 0.1) is 6.61 Å². The molecular formula is C18H22BrN3O3. The third-order valence-electron chi connectivity index (χ3n) is 4.46. The van der Waals surface area contributed by atoms with E-state index < -0.39 is 0 Å². The van der Waals surface area contributed by atoms with Gasteiger partial charge in [-0.05, 0) is 38.0 Å². The molecule has 1 aliphatic rings. The van der Waals surface area contributed by atoms with E-state index in [-0.39, 0.29) is 24.6 Å². The molecule has 134 valence electrons. The number of nitrogens with one attached hydrogen (secondary N) is 1. The van der Waals surface area contributed by atoms with Crippen LogP contribution in [0.1, 0.15) is 19.8 Å². The first kappa shape index (κ1) is 17.8. The molecule has 1 fully saturated rings. The predicted molar refractivity (Wildman–Crippen MR) is 99.4 cm³/mol. The highest BCUT2D eigenvalue weighted by Crippen LogP contribution is 2.24. The molecule has 0 saturated carbocycles. The van der Waals surface area contributed by atoms with Crippen molar-refractivity contribution in [3.8, 4) is 0 Å². The third kappa shape index (κ3) is 4.15. The highest BCUT2D eigenvalue weighted by atomic mass is 79.9. The summed E-state index contributed by atoms with van der Waals surface area (Å²) in [5.41, 5.74) is 1.03. The van der Waals surface area contributed by atoms with E-state index in [9.17, 15) is 9.59 Å². The maximum atomic E-state index is 12.4. The van der Waals surface area contributed by atoms with Crippen LogP contribution in [0, 0.1) is 0 Å². The second-order valence-corrected chi connectivity index (χ2v) is 7.00. The van der Waals surface area contributed by atoms with E-state index in [1.165, 1.54) is 0 Å². The summed E-state index contributed by atoms with van der Waals surface area (Å²) in [6, 6.07) is 8.07. The first-order chi connectivity index (χ1) is 12.1. The molecule has 2 amide bonds. The van der Waals surface area contributed by atoms with Crippen LogP contribution in [0.4, 0.5) is 4.79 Å². The van der Waals surface area contributed by atoms with Gasteiger partial charge in [-0.2, -0.15) is 0 Å². The van der Waals surface area contributed by atoms with Crippen molar-refractivity contribution in [2.24, 2.45) is 0 Å². The third-order valence-corrected chi connectivity index (χ3v) is 5.15. The van der Waals surface area contributed by atoms with Crippen molar-refractivity contribution in [2.45, 2.75) is 32.4 Å². The number of carbonyl (C=O) groups excluding carboxylic acids is 2. The molecule has 1 aromatic heterocycles. The van der Waals surface area contributed by atoms with Crippen LogP contribution in [0.15, 0.2) is 34.9 Å². The van der Waals surface area contributed by atoms with Gasteiger partial charge in [0.2, 0.25) is 5.91 Å². The quantitative estimate of drug-likeness (QED) is 0.846. The van der Waals surface area contributed by atoms with Gasteiger partial charge in [0.1, 0.15) is 6.54 Å². The Morgan fingerprint density at radius 1 is 1.28 bits per heavy atom. The van der Waals surface area contributed by atoms with Gasteiger partial charge in [-0.25, -0.2) is 4.79 Å². The first-order valence-electron chi connectivity index (χ1n) is 8.53. The summed E-state index contributed by atoms with van der Waals surface area (Å²) >= 11 is 3.53. The second-order valence-electron chi connectivity index (χ2n) is 6.14. The molecule has 7 heteroatoms. The van der Waals surface area contributed by atoms with Crippen molar-refractivity contribution in [3.63, 3.8) is 0 Å². The molecule has 3 rings (SSSR count). The normalized spacial score (nSPS) is 15.4. The smallest absolute Gasteiger partial charge is 0.409 e. The van der Waals surface area contributed by atoms with Gasteiger partial charge in [0, 0.05) is 40.7 Å². The molecule has 1 N–H and O–H groups in total. The number of rotatable bonds is 4. The Hall–Kier alpha value is -2.02. The predicted octanol–water partition coefficient (Wildman–Crippen LogP) is 3.14. The number of hydrogen-bond donors (Lipinski definition) is 1. The molecule has 25 heavy (non-hydrogen) atoms. The molecule has 0 radical (unpaired) electrons. The summed E-state index contributed by atoms with van der Waals surface area (Å²) in [5, 5.41) is 4.17. The average molecular weight is 408 g/mol. The summed E-state index contributed by atoms with van der Waals surface area (Å²) < 4.78 is 7.98. The Balaban J connectivity index is 1.53. The van der Waals surface area contributed by atoms with Crippen molar-refractivity contribution < 1.29 is 14.3 Å². The van der Waals surface area contributed by atoms with Crippen LogP contribution in [-0.4, -0.2) is 47.2 Å². The fraction of sp³-hybridized carbons (Fsp3) is 0.444. The van der Waals surface area contributed by atoms with Crippen molar-refractivity contribution >= 4 is 38.8 Å². The lowest BCUT2D eigenvalue weighted by molar-refractivity contribution is -0.122. The first-order valence-corrected chi connectivity index (χ1v) is 9.32. The highest BCUT2D eigenvalue weighted by Gasteiger charge is 2.24. The lowest BCUT2D eigenvalue weighted by atomic mass is 10.1. The number of carbonyl (C=O) groups is 2. The number of halogens is 1. The molecule has 0 unspecified atom stereocenters. The van der Waals surface area contributed by atoms with Gasteiger partial charge in [-0.1, -0.05) is 22.0 Å². The van der Waals surface area contributed by atoms with Crippen LogP contribution in [0.5, 0.6) is 0 Å². The van der Waals surface area contributed by atoms with Gasteiger partial charge in [0.25, 0.3) is 0 Å². The number of ether oxygens (including phenoxy) is 1. The van der Waals surface area contributed by atoms with E-state index in [1.54, 1.807) is 11.8 Å². The molecule has 6 nitrogen and oxygen atoms in total. The van der Waals surface area contributed by atoms with Crippen molar-refractivity contribution in [1.29, 1.82) is 0 Å². The Kier molecular flexibility index (Phi) is 5.63. The van der Waals surface area contributed by atoms with Crippen LogP contribution >= 0.6 is 15.9 Å². The minimum atomic E-state index is -0.267. The maximum Gasteiger partial charge on any atom is 0.409 e. The SMILES string of the molecule is CCOC(=O)N1CCC(NC(=O)Cn2ccc3c(Br)cccc32)CC1. The zero-order chi connectivity index (χ0) is 17.8. The van der Waals surface area contributed by atoms with E-state index in [2.05, 4.69) is 21.2 Å². The summed E-state index contributed by atoms with van der Waals surface area (Å²) in [7, 11) is 0. The molecular weight excluding hydrogens is 386 g/mol. The molecule has 1 aliphatic heterocycles. The fourth-order valence-corrected chi connectivity index (χ4v) is 3.66. The van der Waals surface area contributed by atoms with Gasteiger partial charge in [-0.3, -0.25) is 4.79 Å². The number of nitrogens with zero attached hydrogens (tertiary/aromatic N) is 2. The van der Waals surface area contributed by atoms with E-state index >= 15 is 0 Å². The Bertz CT molecular complexity index is 766. The van der Waals surface area contributed by atoms with Gasteiger partial charge in [0.15, 0.2) is 0 Å². The molecule has 0 spiro atoms. The van der Waals surface area contributed by atoms with Crippen molar-refractivity contribution in [1.82, 2.24) is 14.8 Å². The summed E-state index contributed by atoms with van der Waals surface area (Å²) in [6.45, 7) is 3.70. The van der Waals surface area contributed by atoms with Crippen LogP contribution in [0.25, 0.3) is 10.9 Å². The number of fused-ring (bicyclic) bond motifs is 1. The Labute approximate surface area is 155 Å². The molecule has 0 atom stereocenters.